The molecule has 0 spiro atoms. The number of aliphatic hydroxyl groups excluding tert-OH is 1. The number of carbonyl (C=O) groups excluding carboxylic acids is 3. The van der Waals surface area contributed by atoms with E-state index in [1.165, 1.54) is 4.90 Å². The summed E-state index contributed by atoms with van der Waals surface area (Å²) in [4.78, 5) is 47.9. The maximum Gasteiger partial charge on any atom is 0.355 e. The summed E-state index contributed by atoms with van der Waals surface area (Å²) in [5.74, 6) is -2.38. The third kappa shape index (κ3) is 4.86. The molecule has 0 radical (unpaired) electrons. The summed E-state index contributed by atoms with van der Waals surface area (Å²) >= 11 is 0. The highest BCUT2D eigenvalue weighted by molar-refractivity contribution is 6.46. The number of hydrogen-bond acceptors (Lipinski definition) is 6. The van der Waals surface area contributed by atoms with Gasteiger partial charge >= 0.3 is 5.97 Å². The quantitative estimate of drug-likeness (QED) is 0.204. The zero-order chi connectivity index (χ0) is 27.8. The van der Waals surface area contributed by atoms with Crippen molar-refractivity contribution < 1.29 is 24.2 Å². The zero-order valence-electron chi connectivity index (χ0n) is 22.6. The molecule has 1 aliphatic rings. The second kappa shape index (κ2) is 10.3. The third-order valence-corrected chi connectivity index (χ3v) is 6.86. The maximum atomic E-state index is 13.5. The van der Waals surface area contributed by atoms with E-state index < -0.39 is 23.7 Å². The molecule has 1 saturated heterocycles. The lowest BCUT2D eigenvalue weighted by atomic mass is 9.85. The SMILES string of the molecule is CCOC(=O)c1[nH]c(C)c(C(O)=C2C(=O)C(=O)N(Cc3cccnc3)[C@H]2c2ccc(C(C)(C)C)cc2)c1C. The van der Waals surface area contributed by atoms with Gasteiger partial charge in [0, 0.05) is 30.2 Å². The van der Waals surface area contributed by atoms with Gasteiger partial charge in [-0.15, -0.1) is 0 Å². The number of H-pyrrole nitrogens is 1. The smallest absolute Gasteiger partial charge is 0.355 e. The van der Waals surface area contributed by atoms with E-state index in [9.17, 15) is 19.5 Å². The van der Waals surface area contributed by atoms with E-state index in [2.05, 4.69) is 30.7 Å². The number of aliphatic hydroxyl groups is 1. The average molecular weight is 516 g/mol. The van der Waals surface area contributed by atoms with Crippen LogP contribution in [-0.2, 0) is 26.3 Å². The number of aromatic amines is 1. The van der Waals surface area contributed by atoms with E-state index in [1.54, 1.807) is 39.2 Å². The van der Waals surface area contributed by atoms with Crippen LogP contribution in [0, 0.1) is 13.8 Å². The maximum absolute atomic E-state index is 13.5. The third-order valence-electron chi connectivity index (χ3n) is 6.86. The van der Waals surface area contributed by atoms with Gasteiger partial charge in [0.15, 0.2) is 0 Å². The Labute approximate surface area is 222 Å². The Kier molecular flexibility index (Phi) is 7.26. The van der Waals surface area contributed by atoms with Crippen molar-refractivity contribution in [3.63, 3.8) is 0 Å². The van der Waals surface area contributed by atoms with Crippen molar-refractivity contribution in [2.75, 3.05) is 6.61 Å². The molecule has 8 heteroatoms. The topological polar surface area (TPSA) is 113 Å². The van der Waals surface area contributed by atoms with Crippen LogP contribution in [0.4, 0.5) is 0 Å². The first kappa shape index (κ1) is 26.9. The van der Waals surface area contributed by atoms with Crippen molar-refractivity contribution in [1.82, 2.24) is 14.9 Å². The lowest BCUT2D eigenvalue weighted by molar-refractivity contribution is -0.140. The van der Waals surface area contributed by atoms with Crippen molar-refractivity contribution in [2.45, 2.75) is 59.5 Å². The molecule has 1 fully saturated rings. The summed E-state index contributed by atoms with van der Waals surface area (Å²) < 4.78 is 5.13. The first-order valence-electron chi connectivity index (χ1n) is 12.6. The van der Waals surface area contributed by atoms with Gasteiger partial charge in [-0.3, -0.25) is 14.6 Å². The number of hydrogen-bond donors (Lipinski definition) is 2. The fraction of sp³-hybridized carbons (Fsp3) is 0.333. The molecule has 2 aromatic heterocycles. The Morgan fingerprint density at radius 1 is 1.13 bits per heavy atom. The van der Waals surface area contributed by atoms with E-state index in [1.807, 2.05) is 30.3 Å². The predicted octanol–water partition coefficient (Wildman–Crippen LogP) is 5.12. The number of esters is 1. The molecule has 4 rings (SSSR count). The summed E-state index contributed by atoms with van der Waals surface area (Å²) in [7, 11) is 0. The Balaban J connectivity index is 1.89. The molecule has 0 bridgehead atoms. The molecule has 2 N–H and O–H groups in total. The lowest BCUT2D eigenvalue weighted by Gasteiger charge is -2.26. The van der Waals surface area contributed by atoms with Gasteiger partial charge < -0.3 is 19.7 Å². The normalized spacial score (nSPS) is 17.2. The van der Waals surface area contributed by atoms with E-state index >= 15 is 0 Å². The first-order chi connectivity index (χ1) is 18.0. The van der Waals surface area contributed by atoms with Crippen molar-refractivity contribution in [1.29, 1.82) is 0 Å². The van der Waals surface area contributed by atoms with Gasteiger partial charge in [-0.2, -0.15) is 0 Å². The number of Topliss-reactive ketones (excluding diaryl/α,β-unsaturated/α-hetero) is 1. The fourth-order valence-electron chi connectivity index (χ4n) is 4.89. The highest BCUT2D eigenvalue weighted by Gasteiger charge is 2.46. The van der Waals surface area contributed by atoms with Gasteiger partial charge in [0.05, 0.1) is 18.2 Å². The number of ether oxygens (including phenoxy) is 1. The number of aryl methyl sites for hydroxylation is 1. The average Bonchev–Trinajstić information content (AvgIpc) is 3.31. The summed E-state index contributed by atoms with van der Waals surface area (Å²) in [5.41, 5.74) is 3.87. The number of nitrogens with one attached hydrogen (secondary N) is 1. The number of likely N-dealkylation sites (tertiary alicyclic amines) is 1. The van der Waals surface area contributed by atoms with Crippen LogP contribution in [0.5, 0.6) is 0 Å². The molecule has 3 aromatic rings. The number of pyridine rings is 1. The molecule has 8 nitrogen and oxygen atoms in total. The number of rotatable bonds is 6. The molecule has 1 aliphatic heterocycles. The van der Waals surface area contributed by atoms with Crippen molar-refractivity contribution >= 4 is 23.4 Å². The number of amides is 1. The van der Waals surface area contributed by atoms with Crippen molar-refractivity contribution in [2.24, 2.45) is 0 Å². The van der Waals surface area contributed by atoms with Crippen molar-refractivity contribution in [3.05, 3.63) is 93.6 Å². The van der Waals surface area contributed by atoms with Crippen LogP contribution in [0.25, 0.3) is 5.76 Å². The lowest BCUT2D eigenvalue weighted by Crippen LogP contribution is -2.29. The van der Waals surface area contributed by atoms with Crippen LogP contribution in [0.15, 0.2) is 54.4 Å². The van der Waals surface area contributed by atoms with Gasteiger partial charge in [0.1, 0.15) is 11.5 Å². The fourth-order valence-corrected chi connectivity index (χ4v) is 4.89. The monoisotopic (exact) mass is 515 g/mol. The van der Waals surface area contributed by atoms with Crippen LogP contribution in [0.1, 0.15) is 77.7 Å². The Bertz CT molecular complexity index is 1410. The summed E-state index contributed by atoms with van der Waals surface area (Å²) in [6.07, 6.45) is 3.28. The second-order valence-corrected chi connectivity index (χ2v) is 10.5. The van der Waals surface area contributed by atoms with Crippen LogP contribution in [0.2, 0.25) is 0 Å². The van der Waals surface area contributed by atoms with E-state index in [0.29, 0.717) is 22.4 Å². The highest BCUT2D eigenvalue weighted by atomic mass is 16.5. The van der Waals surface area contributed by atoms with Gasteiger partial charge in [-0.1, -0.05) is 51.1 Å². The van der Waals surface area contributed by atoms with Crippen LogP contribution < -0.4 is 0 Å². The first-order valence-corrected chi connectivity index (χ1v) is 12.6. The Hall–Kier alpha value is -4.20. The standard InChI is InChI=1S/C30H33N3O5/c1-7-38-29(37)24-17(2)22(18(3)32-24)26(34)23-25(20-10-12-21(13-11-20)30(4,5)6)33(28(36)27(23)35)16-19-9-8-14-31-15-19/h8-15,25,32,34H,7,16H2,1-6H3/t25-/m0/s1. The minimum Gasteiger partial charge on any atom is -0.507 e. The van der Waals surface area contributed by atoms with Gasteiger partial charge in [0.2, 0.25) is 0 Å². The Morgan fingerprint density at radius 3 is 2.39 bits per heavy atom. The summed E-state index contributed by atoms with van der Waals surface area (Å²) in [5, 5.41) is 11.6. The molecule has 1 amide bonds. The second-order valence-electron chi connectivity index (χ2n) is 10.5. The van der Waals surface area contributed by atoms with Crippen molar-refractivity contribution in [3.8, 4) is 0 Å². The molecular formula is C30H33N3O5. The van der Waals surface area contributed by atoms with E-state index in [4.69, 9.17) is 4.74 Å². The number of benzene rings is 1. The molecule has 1 aromatic carbocycles. The number of ketones is 1. The number of aromatic nitrogens is 2. The molecule has 38 heavy (non-hydrogen) atoms. The van der Waals surface area contributed by atoms with E-state index in [0.717, 1.165) is 11.1 Å². The molecule has 198 valence electrons. The van der Waals surface area contributed by atoms with Gasteiger partial charge in [0.25, 0.3) is 11.7 Å². The predicted molar refractivity (Wildman–Crippen MR) is 143 cm³/mol. The number of carbonyl (C=O) groups is 3. The molecule has 1 atom stereocenters. The summed E-state index contributed by atoms with van der Waals surface area (Å²) in [6.45, 7) is 11.7. The zero-order valence-corrected chi connectivity index (χ0v) is 22.6. The summed E-state index contributed by atoms with van der Waals surface area (Å²) in [6, 6.07) is 10.5. The molecule has 0 unspecified atom stereocenters. The van der Waals surface area contributed by atoms with Crippen LogP contribution in [-0.4, -0.2) is 44.2 Å². The molecular weight excluding hydrogens is 482 g/mol. The minimum atomic E-state index is -0.830. The molecule has 3 heterocycles. The highest BCUT2D eigenvalue weighted by Crippen LogP contribution is 2.42. The minimum absolute atomic E-state index is 0.0250. The van der Waals surface area contributed by atoms with Gasteiger partial charge in [-0.25, -0.2) is 4.79 Å². The van der Waals surface area contributed by atoms with E-state index in [-0.39, 0.29) is 35.6 Å². The molecule has 0 aliphatic carbocycles. The largest absolute Gasteiger partial charge is 0.507 e. The Morgan fingerprint density at radius 2 is 1.82 bits per heavy atom. The van der Waals surface area contributed by atoms with Crippen LogP contribution >= 0.6 is 0 Å². The van der Waals surface area contributed by atoms with Gasteiger partial charge in [-0.05, 0) is 54.5 Å². The number of nitrogens with zero attached hydrogens (tertiary/aromatic N) is 2. The molecule has 0 saturated carbocycles. The van der Waals surface area contributed by atoms with Crippen LogP contribution in [0.3, 0.4) is 0 Å².